The largest absolute Gasteiger partial charge is 0.241 e. The molecule has 1 aromatic rings. The van der Waals surface area contributed by atoms with Gasteiger partial charge in [0, 0.05) is 11.3 Å². The lowest BCUT2D eigenvalue weighted by atomic mass is 10.1. The van der Waals surface area contributed by atoms with Gasteiger partial charge in [-0.3, -0.25) is 0 Å². The third kappa shape index (κ3) is 3.46. The molecule has 0 N–H and O–H groups in total. The van der Waals surface area contributed by atoms with Gasteiger partial charge in [0.25, 0.3) is 0 Å². The van der Waals surface area contributed by atoms with Gasteiger partial charge >= 0.3 is 0 Å². The maximum atomic E-state index is 4.28. The average Bonchev–Trinajstić information content (AvgIpc) is 2.45. The molecule has 0 saturated heterocycles. The fraction of sp³-hybridized carbons (Fsp3) is 0.538. The summed E-state index contributed by atoms with van der Waals surface area (Å²) in [6.07, 6.45) is 10.7. The van der Waals surface area contributed by atoms with Crippen molar-refractivity contribution in [1.29, 1.82) is 0 Å². The molecule has 82 valence electrons. The zero-order valence-electron chi connectivity index (χ0n) is 9.95. The Morgan fingerprint density at radius 2 is 2.00 bits per heavy atom. The fourth-order valence-corrected chi connectivity index (χ4v) is 1.54. The standard InChI is InChI=1S/C10H12N2.C3H8/c1-8-9-5-3-2-4-6-10(9)12-7-11-8;1-3-2/h3,5,7H,2,4,6H2,1H3;3H2,1-2H3. The van der Waals surface area contributed by atoms with E-state index in [1.807, 2.05) is 6.92 Å². The summed E-state index contributed by atoms with van der Waals surface area (Å²) in [5.41, 5.74) is 3.53. The van der Waals surface area contributed by atoms with Crippen molar-refractivity contribution in [3.05, 3.63) is 29.4 Å². The quantitative estimate of drug-likeness (QED) is 0.646. The predicted molar refractivity (Wildman–Crippen MR) is 64.7 cm³/mol. The van der Waals surface area contributed by atoms with Crippen LogP contribution in [0.4, 0.5) is 0 Å². The van der Waals surface area contributed by atoms with Crippen molar-refractivity contribution >= 4 is 6.08 Å². The van der Waals surface area contributed by atoms with Crippen LogP contribution < -0.4 is 0 Å². The topological polar surface area (TPSA) is 25.8 Å². The maximum Gasteiger partial charge on any atom is 0.115 e. The van der Waals surface area contributed by atoms with Gasteiger partial charge in [0.1, 0.15) is 6.33 Å². The maximum absolute atomic E-state index is 4.28. The number of aryl methyl sites for hydroxylation is 2. The van der Waals surface area contributed by atoms with Gasteiger partial charge in [0.05, 0.1) is 5.69 Å². The first-order valence-electron chi connectivity index (χ1n) is 5.76. The van der Waals surface area contributed by atoms with Crippen LogP contribution in [0.15, 0.2) is 12.4 Å². The summed E-state index contributed by atoms with van der Waals surface area (Å²) < 4.78 is 0. The summed E-state index contributed by atoms with van der Waals surface area (Å²) >= 11 is 0. The van der Waals surface area contributed by atoms with Gasteiger partial charge in [-0.1, -0.05) is 32.4 Å². The van der Waals surface area contributed by atoms with Crippen LogP contribution in [-0.2, 0) is 6.42 Å². The first-order valence-corrected chi connectivity index (χ1v) is 5.76. The van der Waals surface area contributed by atoms with Crippen LogP contribution in [0, 0.1) is 6.92 Å². The van der Waals surface area contributed by atoms with Crippen molar-refractivity contribution in [2.24, 2.45) is 0 Å². The summed E-state index contributed by atoms with van der Waals surface area (Å²) in [4.78, 5) is 8.45. The highest BCUT2D eigenvalue weighted by atomic mass is 14.8. The van der Waals surface area contributed by atoms with Crippen LogP contribution in [0.1, 0.15) is 50.1 Å². The van der Waals surface area contributed by atoms with Crippen LogP contribution in [0.2, 0.25) is 0 Å². The highest BCUT2D eigenvalue weighted by molar-refractivity contribution is 5.54. The van der Waals surface area contributed by atoms with Crippen molar-refractivity contribution in [3.8, 4) is 0 Å². The van der Waals surface area contributed by atoms with E-state index in [0.29, 0.717) is 0 Å². The molecule has 0 unspecified atom stereocenters. The van der Waals surface area contributed by atoms with Gasteiger partial charge in [0.15, 0.2) is 0 Å². The Kier molecular flexibility index (Phi) is 5.02. The number of hydrogen-bond donors (Lipinski definition) is 0. The van der Waals surface area contributed by atoms with Crippen molar-refractivity contribution in [3.63, 3.8) is 0 Å². The molecule has 2 heteroatoms. The van der Waals surface area contributed by atoms with Crippen LogP contribution in [0.3, 0.4) is 0 Å². The van der Waals surface area contributed by atoms with Crippen molar-refractivity contribution in [2.45, 2.75) is 46.5 Å². The monoisotopic (exact) mass is 204 g/mol. The number of rotatable bonds is 0. The highest BCUT2D eigenvalue weighted by Crippen LogP contribution is 2.17. The van der Waals surface area contributed by atoms with Crippen LogP contribution >= 0.6 is 0 Å². The van der Waals surface area contributed by atoms with E-state index in [9.17, 15) is 0 Å². The minimum Gasteiger partial charge on any atom is -0.241 e. The lowest BCUT2D eigenvalue weighted by Crippen LogP contribution is -1.97. The highest BCUT2D eigenvalue weighted by Gasteiger charge is 2.06. The van der Waals surface area contributed by atoms with Crippen molar-refractivity contribution in [2.75, 3.05) is 0 Å². The Morgan fingerprint density at radius 1 is 1.27 bits per heavy atom. The van der Waals surface area contributed by atoms with Crippen LogP contribution in [0.25, 0.3) is 6.08 Å². The second kappa shape index (κ2) is 6.33. The second-order valence-corrected chi connectivity index (χ2v) is 3.82. The third-order valence-electron chi connectivity index (χ3n) is 2.23. The number of aromatic nitrogens is 2. The summed E-state index contributed by atoms with van der Waals surface area (Å²) in [5, 5.41) is 0. The molecule has 0 radical (unpaired) electrons. The Labute approximate surface area is 92.5 Å². The molecule has 0 atom stereocenters. The summed E-state index contributed by atoms with van der Waals surface area (Å²) in [6.45, 7) is 6.29. The zero-order valence-corrected chi connectivity index (χ0v) is 9.95. The number of allylic oxidation sites excluding steroid dienone is 1. The van der Waals surface area contributed by atoms with E-state index in [2.05, 4.69) is 36.0 Å². The molecule has 1 heterocycles. The number of hydrogen-bond acceptors (Lipinski definition) is 2. The van der Waals surface area contributed by atoms with E-state index in [-0.39, 0.29) is 0 Å². The molecule has 0 aromatic carbocycles. The summed E-state index contributed by atoms with van der Waals surface area (Å²) in [5.74, 6) is 0. The van der Waals surface area contributed by atoms with E-state index in [1.54, 1.807) is 6.33 Å². The predicted octanol–water partition coefficient (Wildman–Crippen LogP) is 3.55. The lowest BCUT2D eigenvalue weighted by molar-refractivity contribution is 0.817. The smallest absolute Gasteiger partial charge is 0.115 e. The molecule has 0 bridgehead atoms. The van der Waals surface area contributed by atoms with Crippen molar-refractivity contribution in [1.82, 2.24) is 9.97 Å². The second-order valence-electron chi connectivity index (χ2n) is 3.82. The molecule has 2 nitrogen and oxygen atoms in total. The minimum absolute atomic E-state index is 1.09. The molecule has 2 rings (SSSR count). The molecule has 0 amide bonds. The average molecular weight is 204 g/mol. The Hall–Kier alpha value is -1.18. The Bertz CT molecular complexity index is 329. The van der Waals surface area contributed by atoms with Gasteiger partial charge in [-0.05, 0) is 26.2 Å². The first-order chi connectivity index (χ1) is 7.29. The molecule has 15 heavy (non-hydrogen) atoms. The van der Waals surface area contributed by atoms with Crippen LogP contribution in [0.5, 0.6) is 0 Å². The zero-order chi connectivity index (χ0) is 11.1. The van der Waals surface area contributed by atoms with Crippen molar-refractivity contribution < 1.29 is 0 Å². The van der Waals surface area contributed by atoms with Gasteiger partial charge in [0.2, 0.25) is 0 Å². The molecule has 1 aromatic heterocycles. The SMILES string of the molecule is CCC.Cc1ncnc2c1C=CCCC2. The molecule has 0 saturated carbocycles. The summed E-state index contributed by atoms with van der Waals surface area (Å²) in [6, 6.07) is 0. The Morgan fingerprint density at radius 3 is 2.73 bits per heavy atom. The fourth-order valence-electron chi connectivity index (χ4n) is 1.54. The Balaban J connectivity index is 0.000000337. The van der Waals surface area contributed by atoms with E-state index in [0.717, 1.165) is 18.5 Å². The lowest BCUT2D eigenvalue weighted by Gasteiger charge is -2.03. The number of nitrogens with zero attached hydrogens (tertiary/aromatic N) is 2. The normalized spacial score (nSPS) is 13.5. The van der Waals surface area contributed by atoms with Gasteiger partial charge in [-0.15, -0.1) is 0 Å². The van der Waals surface area contributed by atoms with Gasteiger partial charge < -0.3 is 0 Å². The van der Waals surface area contributed by atoms with Gasteiger partial charge in [-0.25, -0.2) is 9.97 Å². The molecule has 0 aliphatic heterocycles. The minimum atomic E-state index is 1.09. The van der Waals surface area contributed by atoms with E-state index < -0.39 is 0 Å². The van der Waals surface area contributed by atoms with Gasteiger partial charge in [-0.2, -0.15) is 0 Å². The molecular formula is C13H20N2. The summed E-state index contributed by atoms with van der Waals surface area (Å²) in [7, 11) is 0. The molecule has 0 fully saturated rings. The first kappa shape index (κ1) is 11.9. The third-order valence-corrected chi connectivity index (χ3v) is 2.23. The molecule has 0 spiro atoms. The van der Waals surface area contributed by atoms with E-state index >= 15 is 0 Å². The molecule has 1 aliphatic rings. The van der Waals surface area contributed by atoms with E-state index in [4.69, 9.17) is 0 Å². The molecular weight excluding hydrogens is 184 g/mol. The molecule has 1 aliphatic carbocycles. The van der Waals surface area contributed by atoms with Crippen LogP contribution in [-0.4, -0.2) is 9.97 Å². The van der Waals surface area contributed by atoms with E-state index in [1.165, 1.54) is 24.1 Å². The number of fused-ring (bicyclic) bond motifs is 1.